The van der Waals surface area contributed by atoms with Crippen molar-refractivity contribution in [2.75, 3.05) is 19.0 Å². The molecule has 0 aliphatic heterocycles. The molecule has 0 fully saturated rings. The van der Waals surface area contributed by atoms with E-state index in [1.54, 1.807) is 25.4 Å². The first-order chi connectivity index (χ1) is 7.51. The zero-order valence-corrected chi connectivity index (χ0v) is 8.84. The summed E-state index contributed by atoms with van der Waals surface area (Å²) in [5.74, 6) is 0. The van der Waals surface area contributed by atoms with E-state index in [0.717, 1.165) is 5.69 Å². The van der Waals surface area contributed by atoms with Crippen LogP contribution in [0.5, 0.6) is 0 Å². The van der Waals surface area contributed by atoms with Gasteiger partial charge in [0.15, 0.2) is 0 Å². The van der Waals surface area contributed by atoms with Gasteiger partial charge in [-0.15, -0.1) is 0 Å². The highest BCUT2D eigenvalue weighted by Gasteiger charge is 2.26. The molecule has 0 unspecified atom stereocenters. The molecule has 0 saturated carbocycles. The van der Waals surface area contributed by atoms with E-state index >= 15 is 0 Å². The van der Waals surface area contributed by atoms with Crippen LogP contribution in [0.15, 0.2) is 18.3 Å². The average Bonchev–Trinajstić information content (AvgIpc) is 2.23. The van der Waals surface area contributed by atoms with Gasteiger partial charge >= 0.3 is 6.18 Å². The van der Waals surface area contributed by atoms with Gasteiger partial charge in [0.1, 0.15) is 0 Å². The number of alkyl halides is 3. The Hall–Kier alpha value is -1.30. The third kappa shape index (κ3) is 4.97. The molecule has 0 aromatic carbocycles. The van der Waals surface area contributed by atoms with Crippen molar-refractivity contribution < 1.29 is 17.9 Å². The molecule has 6 heteroatoms. The molecule has 0 aliphatic rings. The number of hydrogen-bond donors (Lipinski definition) is 1. The highest BCUT2D eigenvalue weighted by Crippen LogP contribution is 2.19. The smallest absolute Gasteiger partial charge is 0.388 e. The molecule has 16 heavy (non-hydrogen) atoms. The largest absolute Gasteiger partial charge is 0.391 e. The Labute approximate surface area is 91.6 Å². The Morgan fingerprint density at radius 2 is 2.19 bits per heavy atom. The standard InChI is InChI=1S/C10H13F3N2O/c1-14-8-2-4-15-9(6-8)7-16-5-3-10(11,12)13/h2,4,6H,3,5,7H2,1H3,(H,14,15). The number of hydrogen-bond acceptors (Lipinski definition) is 3. The summed E-state index contributed by atoms with van der Waals surface area (Å²) in [6.07, 6.45) is -3.52. The molecule has 1 N–H and O–H groups in total. The second-order valence-electron chi connectivity index (χ2n) is 3.20. The van der Waals surface area contributed by atoms with Crippen molar-refractivity contribution in [2.45, 2.75) is 19.2 Å². The van der Waals surface area contributed by atoms with E-state index in [4.69, 9.17) is 4.74 Å². The van der Waals surface area contributed by atoms with E-state index in [0.29, 0.717) is 5.69 Å². The lowest BCUT2D eigenvalue weighted by Gasteiger charge is -2.07. The van der Waals surface area contributed by atoms with E-state index in [1.165, 1.54) is 0 Å². The molecule has 0 amide bonds. The SMILES string of the molecule is CNc1ccnc(COCCC(F)(F)F)c1. The molecule has 3 nitrogen and oxygen atoms in total. The van der Waals surface area contributed by atoms with Crippen LogP contribution in [0.25, 0.3) is 0 Å². The van der Waals surface area contributed by atoms with Gasteiger partial charge in [0.2, 0.25) is 0 Å². The lowest BCUT2D eigenvalue weighted by molar-refractivity contribution is -0.146. The van der Waals surface area contributed by atoms with Gasteiger partial charge in [-0.25, -0.2) is 0 Å². The highest BCUT2D eigenvalue weighted by atomic mass is 19.4. The van der Waals surface area contributed by atoms with Crippen LogP contribution in [0.2, 0.25) is 0 Å². The molecule has 1 aromatic heterocycles. The van der Waals surface area contributed by atoms with Crippen LogP contribution in [-0.4, -0.2) is 24.8 Å². The molecule has 1 aromatic rings. The van der Waals surface area contributed by atoms with Gasteiger partial charge in [0.25, 0.3) is 0 Å². The van der Waals surface area contributed by atoms with Crippen molar-refractivity contribution in [3.8, 4) is 0 Å². The van der Waals surface area contributed by atoms with Crippen molar-refractivity contribution in [1.29, 1.82) is 0 Å². The van der Waals surface area contributed by atoms with Gasteiger partial charge in [0.05, 0.1) is 25.3 Å². The van der Waals surface area contributed by atoms with Gasteiger partial charge in [-0.1, -0.05) is 0 Å². The summed E-state index contributed by atoms with van der Waals surface area (Å²) in [7, 11) is 1.75. The fourth-order valence-corrected chi connectivity index (χ4v) is 1.08. The van der Waals surface area contributed by atoms with Crippen LogP contribution in [0, 0.1) is 0 Å². The van der Waals surface area contributed by atoms with Crippen LogP contribution in [0.1, 0.15) is 12.1 Å². The van der Waals surface area contributed by atoms with Gasteiger partial charge in [-0.2, -0.15) is 13.2 Å². The Morgan fingerprint density at radius 3 is 2.81 bits per heavy atom. The number of aromatic nitrogens is 1. The first-order valence-electron chi connectivity index (χ1n) is 4.78. The number of ether oxygens (including phenoxy) is 1. The van der Waals surface area contributed by atoms with E-state index < -0.39 is 12.6 Å². The monoisotopic (exact) mass is 234 g/mol. The Bertz CT molecular complexity index is 328. The van der Waals surface area contributed by atoms with Crippen LogP contribution in [0.3, 0.4) is 0 Å². The van der Waals surface area contributed by atoms with E-state index in [-0.39, 0.29) is 13.2 Å². The maximum Gasteiger partial charge on any atom is 0.391 e. The Kier molecular flexibility index (Phi) is 4.54. The summed E-state index contributed by atoms with van der Waals surface area (Å²) in [6.45, 7) is -0.249. The molecule has 0 aliphatic carbocycles. The predicted molar refractivity (Wildman–Crippen MR) is 54.1 cm³/mol. The third-order valence-corrected chi connectivity index (χ3v) is 1.89. The van der Waals surface area contributed by atoms with Crippen LogP contribution in [0.4, 0.5) is 18.9 Å². The van der Waals surface area contributed by atoms with Crippen molar-refractivity contribution in [3.63, 3.8) is 0 Å². The number of nitrogens with zero attached hydrogens (tertiary/aromatic N) is 1. The maximum atomic E-state index is 11.8. The molecule has 1 rings (SSSR count). The first-order valence-corrected chi connectivity index (χ1v) is 4.78. The van der Waals surface area contributed by atoms with Crippen molar-refractivity contribution in [2.24, 2.45) is 0 Å². The number of halogens is 3. The topological polar surface area (TPSA) is 34.2 Å². The van der Waals surface area contributed by atoms with Crippen LogP contribution >= 0.6 is 0 Å². The number of nitrogens with one attached hydrogen (secondary N) is 1. The summed E-state index contributed by atoms with van der Waals surface area (Å²) in [4.78, 5) is 3.98. The quantitative estimate of drug-likeness (QED) is 0.795. The summed E-state index contributed by atoms with van der Waals surface area (Å²) in [5.41, 5.74) is 1.46. The van der Waals surface area contributed by atoms with Gasteiger partial charge in [0, 0.05) is 18.9 Å². The molecule has 1 heterocycles. The minimum absolute atomic E-state index is 0.0889. The molecular formula is C10H13F3N2O. The van der Waals surface area contributed by atoms with Gasteiger partial charge in [-0.3, -0.25) is 4.98 Å². The second-order valence-corrected chi connectivity index (χ2v) is 3.20. The maximum absolute atomic E-state index is 11.8. The van der Waals surface area contributed by atoms with Gasteiger partial charge < -0.3 is 10.1 Å². The van der Waals surface area contributed by atoms with Crippen molar-refractivity contribution in [3.05, 3.63) is 24.0 Å². The van der Waals surface area contributed by atoms with Crippen LogP contribution in [-0.2, 0) is 11.3 Å². The lowest BCUT2D eigenvalue weighted by atomic mass is 10.3. The summed E-state index contributed by atoms with van der Waals surface area (Å²) >= 11 is 0. The molecular weight excluding hydrogens is 221 g/mol. The fourth-order valence-electron chi connectivity index (χ4n) is 1.08. The molecule has 0 atom stereocenters. The summed E-state index contributed by atoms with van der Waals surface area (Å²) in [6, 6.07) is 3.49. The molecule has 0 radical (unpaired) electrons. The van der Waals surface area contributed by atoms with E-state index in [9.17, 15) is 13.2 Å². The van der Waals surface area contributed by atoms with E-state index in [1.807, 2.05) is 0 Å². The average molecular weight is 234 g/mol. The number of rotatable bonds is 5. The zero-order valence-electron chi connectivity index (χ0n) is 8.84. The van der Waals surface area contributed by atoms with Crippen molar-refractivity contribution >= 4 is 5.69 Å². The molecule has 0 bridgehead atoms. The molecule has 0 spiro atoms. The molecule has 90 valence electrons. The summed E-state index contributed by atoms with van der Waals surface area (Å²) in [5, 5.41) is 2.91. The van der Waals surface area contributed by atoms with Gasteiger partial charge in [-0.05, 0) is 12.1 Å². The fraction of sp³-hybridized carbons (Fsp3) is 0.500. The number of anilines is 1. The zero-order chi connectivity index (χ0) is 12.0. The minimum Gasteiger partial charge on any atom is -0.388 e. The molecule has 0 saturated heterocycles. The first kappa shape index (κ1) is 12.8. The lowest BCUT2D eigenvalue weighted by Crippen LogP contribution is -2.11. The minimum atomic E-state index is -4.17. The highest BCUT2D eigenvalue weighted by molar-refractivity contribution is 5.42. The normalized spacial score (nSPS) is 11.5. The second kappa shape index (κ2) is 5.69. The number of pyridine rings is 1. The predicted octanol–water partition coefficient (Wildman–Crippen LogP) is 2.59. The van der Waals surface area contributed by atoms with Crippen LogP contribution < -0.4 is 5.32 Å². The Balaban J connectivity index is 2.32. The Morgan fingerprint density at radius 1 is 1.44 bits per heavy atom. The summed E-state index contributed by atoms with van der Waals surface area (Å²) < 4.78 is 40.3. The van der Waals surface area contributed by atoms with Crippen molar-refractivity contribution in [1.82, 2.24) is 4.98 Å². The van der Waals surface area contributed by atoms with E-state index in [2.05, 4.69) is 10.3 Å². The third-order valence-electron chi connectivity index (χ3n) is 1.89.